The van der Waals surface area contributed by atoms with E-state index >= 15 is 0 Å². The minimum absolute atomic E-state index is 0.695. The minimum atomic E-state index is 0.695. The second-order valence-electron chi connectivity index (χ2n) is 4.29. The topological polar surface area (TPSA) is 0 Å². The van der Waals surface area contributed by atoms with Crippen LogP contribution in [0.3, 0.4) is 0 Å². The fourth-order valence-corrected chi connectivity index (χ4v) is 1.62. The van der Waals surface area contributed by atoms with E-state index in [1.54, 1.807) is 0 Å². The summed E-state index contributed by atoms with van der Waals surface area (Å²) in [6.45, 7) is 9.07. The van der Waals surface area contributed by atoms with E-state index in [0.717, 1.165) is 0 Å². The summed E-state index contributed by atoms with van der Waals surface area (Å²) in [5, 5.41) is 0. The van der Waals surface area contributed by atoms with Crippen molar-refractivity contribution < 1.29 is 0 Å². The maximum absolute atomic E-state index is 2.29. The van der Waals surface area contributed by atoms with Crippen LogP contribution in [0, 0.1) is 0 Å². The molecule has 0 aromatic heterocycles. The molecule has 14 heavy (non-hydrogen) atoms. The van der Waals surface area contributed by atoms with Gasteiger partial charge in [-0.05, 0) is 35.8 Å². The van der Waals surface area contributed by atoms with Gasteiger partial charge in [0.05, 0.1) is 0 Å². The highest BCUT2D eigenvalue weighted by Crippen LogP contribution is 2.23. The van der Waals surface area contributed by atoms with Crippen LogP contribution in [-0.4, -0.2) is 0 Å². The molecule has 1 aromatic carbocycles. The number of benzene rings is 1. The van der Waals surface area contributed by atoms with Crippen LogP contribution in [0.25, 0.3) is 0 Å². The van der Waals surface area contributed by atoms with Gasteiger partial charge in [-0.3, -0.25) is 0 Å². The van der Waals surface area contributed by atoms with Gasteiger partial charge in [-0.2, -0.15) is 0 Å². The third-order valence-corrected chi connectivity index (χ3v) is 3.30. The molecule has 1 aromatic rings. The predicted octanol–water partition coefficient (Wildman–Crippen LogP) is 4.71. The van der Waals surface area contributed by atoms with Crippen LogP contribution in [0.1, 0.15) is 63.5 Å². The van der Waals surface area contributed by atoms with Crippen molar-refractivity contribution in [1.82, 2.24) is 0 Å². The number of hydrogen-bond donors (Lipinski definition) is 0. The smallest absolute Gasteiger partial charge is 0.0193 e. The zero-order valence-electron chi connectivity index (χ0n) is 9.88. The van der Waals surface area contributed by atoms with Crippen LogP contribution in [-0.2, 0) is 0 Å². The first-order valence-electron chi connectivity index (χ1n) is 5.78. The second-order valence-corrected chi connectivity index (χ2v) is 4.29. The molecule has 0 fully saturated rings. The molecule has 1 rings (SSSR count). The van der Waals surface area contributed by atoms with E-state index in [9.17, 15) is 0 Å². The summed E-state index contributed by atoms with van der Waals surface area (Å²) in [6, 6.07) is 9.15. The van der Waals surface area contributed by atoms with Gasteiger partial charge in [-0.25, -0.2) is 0 Å². The molecular weight excluding hydrogens is 168 g/mol. The standard InChI is InChI=1S/C14H22/c1-5-11(3)13-7-9-14(10-8-13)12(4)6-2/h7-12H,5-6H2,1-4H3. The molecule has 0 radical (unpaired) electrons. The summed E-state index contributed by atoms with van der Waals surface area (Å²) >= 11 is 0. The Morgan fingerprint density at radius 3 is 1.29 bits per heavy atom. The summed E-state index contributed by atoms with van der Waals surface area (Å²) in [5.41, 5.74) is 2.94. The highest BCUT2D eigenvalue weighted by molar-refractivity contribution is 5.26. The van der Waals surface area contributed by atoms with Crippen LogP contribution in [0.2, 0.25) is 0 Å². The molecule has 2 unspecified atom stereocenters. The van der Waals surface area contributed by atoms with E-state index in [1.807, 2.05) is 0 Å². The minimum Gasteiger partial charge on any atom is -0.0648 e. The zero-order chi connectivity index (χ0) is 10.6. The van der Waals surface area contributed by atoms with Crippen LogP contribution in [0.4, 0.5) is 0 Å². The first-order chi connectivity index (χ1) is 6.69. The third-order valence-electron chi connectivity index (χ3n) is 3.30. The first kappa shape index (κ1) is 11.3. The van der Waals surface area contributed by atoms with E-state index in [0.29, 0.717) is 11.8 Å². The van der Waals surface area contributed by atoms with Gasteiger partial charge in [0.15, 0.2) is 0 Å². The molecule has 0 heteroatoms. The second kappa shape index (κ2) is 5.19. The van der Waals surface area contributed by atoms with Crippen molar-refractivity contribution in [3.63, 3.8) is 0 Å². The molecular formula is C14H22. The van der Waals surface area contributed by atoms with Gasteiger partial charge in [0.25, 0.3) is 0 Å². The SMILES string of the molecule is CCC(C)c1ccc(C(C)CC)cc1. The summed E-state index contributed by atoms with van der Waals surface area (Å²) in [4.78, 5) is 0. The molecule has 2 atom stereocenters. The highest BCUT2D eigenvalue weighted by atomic mass is 14.1. The Kier molecular flexibility index (Phi) is 4.19. The molecule has 0 N–H and O–H groups in total. The van der Waals surface area contributed by atoms with Crippen molar-refractivity contribution in [3.05, 3.63) is 35.4 Å². The molecule has 78 valence electrons. The monoisotopic (exact) mass is 190 g/mol. The quantitative estimate of drug-likeness (QED) is 0.644. The lowest BCUT2D eigenvalue weighted by Gasteiger charge is -2.12. The molecule has 0 nitrogen and oxygen atoms in total. The lowest BCUT2D eigenvalue weighted by Crippen LogP contribution is -1.94. The van der Waals surface area contributed by atoms with Crippen molar-refractivity contribution in [2.24, 2.45) is 0 Å². The summed E-state index contributed by atoms with van der Waals surface area (Å²) in [6.07, 6.45) is 2.45. The number of hydrogen-bond acceptors (Lipinski definition) is 0. The van der Waals surface area contributed by atoms with Crippen molar-refractivity contribution >= 4 is 0 Å². The van der Waals surface area contributed by atoms with Gasteiger partial charge in [0.2, 0.25) is 0 Å². The van der Waals surface area contributed by atoms with Crippen molar-refractivity contribution in [1.29, 1.82) is 0 Å². The van der Waals surface area contributed by atoms with Crippen molar-refractivity contribution in [2.75, 3.05) is 0 Å². The Labute approximate surface area is 88.4 Å². The molecule has 0 aliphatic heterocycles. The van der Waals surface area contributed by atoms with Gasteiger partial charge >= 0.3 is 0 Å². The van der Waals surface area contributed by atoms with Crippen LogP contribution >= 0.6 is 0 Å². The third kappa shape index (κ3) is 2.60. The highest BCUT2D eigenvalue weighted by Gasteiger charge is 2.05. The average Bonchev–Trinajstić information content (AvgIpc) is 2.27. The van der Waals surface area contributed by atoms with Crippen LogP contribution in [0.15, 0.2) is 24.3 Å². The van der Waals surface area contributed by atoms with E-state index < -0.39 is 0 Å². The normalized spacial score (nSPS) is 15.1. The Morgan fingerprint density at radius 2 is 1.07 bits per heavy atom. The Hall–Kier alpha value is -0.780. The Morgan fingerprint density at radius 1 is 0.786 bits per heavy atom. The van der Waals surface area contributed by atoms with E-state index in [4.69, 9.17) is 0 Å². The molecule has 0 heterocycles. The maximum atomic E-state index is 2.29. The van der Waals surface area contributed by atoms with E-state index in [-0.39, 0.29) is 0 Å². The molecule has 0 bridgehead atoms. The summed E-state index contributed by atoms with van der Waals surface area (Å²) in [7, 11) is 0. The zero-order valence-corrected chi connectivity index (χ0v) is 9.88. The van der Waals surface area contributed by atoms with E-state index in [2.05, 4.69) is 52.0 Å². The molecule has 0 saturated carbocycles. The fraction of sp³-hybridized carbons (Fsp3) is 0.571. The van der Waals surface area contributed by atoms with Gasteiger partial charge in [-0.1, -0.05) is 52.0 Å². The lowest BCUT2D eigenvalue weighted by atomic mass is 9.93. The predicted molar refractivity (Wildman–Crippen MR) is 63.9 cm³/mol. The average molecular weight is 190 g/mol. The van der Waals surface area contributed by atoms with Gasteiger partial charge in [0.1, 0.15) is 0 Å². The van der Waals surface area contributed by atoms with Crippen molar-refractivity contribution in [2.45, 2.75) is 52.4 Å². The Bertz CT molecular complexity index is 229. The summed E-state index contributed by atoms with van der Waals surface area (Å²) < 4.78 is 0. The lowest BCUT2D eigenvalue weighted by molar-refractivity contribution is 0.719. The number of rotatable bonds is 4. The van der Waals surface area contributed by atoms with Crippen molar-refractivity contribution in [3.8, 4) is 0 Å². The molecule has 0 amide bonds. The van der Waals surface area contributed by atoms with Crippen LogP contribution < -0.4 is 0 Å². The molecule has 0 aliphatic rings. The Balaban J connectivity index is 2.78. The van der Waals surface area contributed by atoms with Gasteiger partial charge in [-0.15, -0.1) is 0 Å². The van der Waals surface area contributed by atoms with Gasteiger partial charge in [0, 0.05) is 0 Å². The van der Waals surface area contributed by atoms with Gasteiger partial charge < -0.3 is 0 Å². The molecule has 0 aliphatic carbocycles. The molecule has 0 saturated heterocycles. The maximum Gasteiger partial charge on any atom is -0.0193 e. The molecule has 0 spiro atoms. The largest absolute Gasteiger partial charge is 0.0648 e. The van der Waals surface area contributed by atoms with E-state index in [1.165, 1.54) is 24.0 Å². The fourth-order valence-electron chi connectivity index (χ4n) is 1.62. The summed E-state index contributed by atoms with van der Waals surface area (Å²) in [5.74, 6) is 1.39. The van der Waals surface area contributed by atoms with Crippen LogP contribution in [0.5, 0.6) is 0 Å². The first-order valence-corrected chi connectivity index (χ1v) is 5.78.